The number of rotatable bonds is 7. The van der Waals surface area contributed by atoms with Gasteiger partial charge in [-0.1, -0.05) is 11.8 Å². The number of carbonyl (C=O) groups is 1. The van der Waals surface area contributed by atoms with Crippen molar-refractivity contribution in [3.8, 4) is 0 Å². The van der Waals surface area contributed by atoms with Crippen LogP contribution in [0.3, 0.4) is 0 Å². The number of sulfone groups is 1. The van der Waals surface area contributed by atoms with Crippen LogP contribution in [0, 0.1) is 0 Å². The molecular weight excluding hydrogens is 378 g/mol. The van der Waals surface area contributed by atoms with E-state index in [4.69, 9.17) is 4.74 Å². The largest absolute Gasteiger partial charge is 0.376 e. The van der Waals surface area contributed by atoms with Crippen molar-refractivity contribution in [3.63, 3.8) is 0 Å². The normalized spacial score (nSPS) is 27.7. The highest BCUT2D eigenvalue weighted by Crippen LogP contribution is 2.33. The van der Waals surface area contributed by atoms with Crippen LogP contribution in [-0.2, 0) is 25.9 Å². The molecule has 3 heterocycles. The lowest BCUT2D eigenvalue weighted by atomic mass is 10.2. The van der Waals surface area contributed by atoms with Gasteiger partial charge in [0.2, 0.25) is 11.1 Å². The molecule has 1 aromatic rings. The molecule has 4 rings (SSSR count). The number of amides is 1. The van der Waals surface area contributed by atoms with Crippen molar-refractivity contribution >= 4 is 27.5 Å². The lowest BCUT2D eigenvalue weighted by Crippen LogP contribution is -2.43. The SMILES string of the molecule is O=C(CSc1nnnn1CC1CCCO1)N(C1CC1)C1CCS(=O)(=O)C1. The van der Waals surface area contributed by atoms with E-state index in [1.165, 1.54) is 11.8 Å². The fourth-order valence-corrected chi connectivity index (χ4v) is 6.12. The third kappa shape index (κ3) is 4.20. The van der Waals surface area contributed by atoms with E-state index in [1.807, 2.05) is 4.90 Å². The van der Waals surface area contributed by atoms with Crippen LogP contribution in [0.1, 0.15) is 32.1 Å². The van der Waals surface area contributed by atoms with E-state index in [1.54, 1.807) is 4.68 Å². The van der Waals surface area contributed by atoms with E-state index in [0.29, 0.717) is 18.1 Å². The molecule has 1 amide bonds. The molecule has 2 saturated heterocycles. The summed E-state index contributed by atoms with van der Waals surface area (Å²) in [6.45, 7) is 1.37. The minimum atomic E-state index is -3.01. The molecule has 1 aliphatic carbocycles. The molecule has 3 aliphatic rings. The molecule has 2 aliphatic heterocycles. The Morgan fingerprint density at radius 1 is 1.27 bits per heavy atom. The molecule has 9 nitrogen and oxygen atoms in total. The number of hydrogen-bond acceptors (Lipinski definition) is 8. The first-order valence-corrected chi connectivity index (χ1v) is 11.8. The molecule has 11 heteroatoms. The topological polar surface area (TPSA) is 107 Å². The molecule has 0 aromatic carbocycles. The zero-order valence-corrected chi connectivity index (χ0v) is 16.1. The van der Waals surface area contributed by atoms with Crippen LogP contribution >= 0.6 is 11.8 Å². The summed E-state index contributed by atoms with van der Waals surface area (Å²) in [7, 11) is -3.01. The van der Waals surface area contributed by atoms with Crippen molar-refractivity contribution in [1.82, 2.24) is 25.1 Å². The van der Waals surface area contributed by atoms with Crippen LogP contribution < -0.4 is 0 Å². The molecule has 0 spiro atoms. The fourth-order valence-electron chi connectivity index (χ4n) is 3.65. The van der Waals surface area contributed by atoms with Crippen molar-refractivity contribution in [2.24, 2.45) is 0 Å². The molecule has 26 heavy (non-hydrogen) atoms. The van der Waals surface area contributed by atoms with Crippen LogP contribution in [0.2, 0.25) is 0 Å². The quantitative estimate of drug-likeness (QED) is 0.593. The second-order valence-electron chi connectivity index (χ2n) is 7.16. The van der Waals surface area contributed by atoms with E-state index >= 15 is 0 Å². The van der Waals surface area contributed by atoms with E-state index in [0.717, 1.165) is 32.3 Å². The van der Waals surface area contributed by atoms with Gasteiger partial charge in [-0.25, -0.2) is 13.1 Å². The lowest BCUT2D eigenvalue weighted by molar-refractivity contribution is -0.130. The average molecular weight is 402 g/mol. The molecule has 3 fully saturated rings. The Morgan fingerprint density at radius 2 is 2.12 bits per heavy atom. The molecule has 0 N–H and O–H groups in total. The summed E-state index contributed by atoms with van der Waals surface area (Å²) in [4.78, 5) is 14.6. The summed E-state index contributed by atoms with van der Waals surface area (Å²) >= 11 is 1.31. The average Bonchev–Trinajstić information content (AvgIpc) is 2.97. The highest BCUT2D eigenvalue weighted by atomic mass is 32.2. The second-order valence-corrected chi connectivity index (χ2v) is 10.3. The minimum absolute atomic E-state index is 0.0220. The number of nitrogens with zero attached hydrogens (tertiary/aromatic N) is 5. The van der Waals surface area contributed by atoms with Gasteiger partial charge in [0.1, 0.15) is 0 Å². The molecule has 144 valence electrons. The molecule has 1 saturated carbocycles. The Morgan fingerprint density at radius 3 is 2.77 bits per heavy atom. The number of thioether (sulfide) groups is 1. The van der Waals surface area contributed by atoms with Gasteiger partial charge >= 0.3 is 0 Å². The third-order valence-electron chi connectivity index (χ3n) is 5.05. The van der Waals surface area contributed by atoms with Crippen LogP contribution in [0.5, 0.6) is 0 Å². The highest BCUT2D eigenvalue weighted by molar-refractivity contribution is 7.99. The van der Waals surface area contributed by atoms with E-state index in [9.17, 15) is 13.2 Å². The molecule has 2 atom stereocenters. The van der Waals surface area contributed by atoms with Crippen LogP contribution in [0.15, 0.2) is 5.16 Å². The van der Waals surface area contributed by atoms with Crippen LogP contribution in [0.4, 0.5) is 0 Å². The zero-order chi connectivity index (χ0) is 18.1. The number of tetrazole rings is 1. The predicted octanol–water partition coefficient (Wildman–Crippen LogP) is 0.122. The number of carbonyl (C=O) groups excluding carboxylic acids is 1. The van der Waals surface area contributed by atoms with E-state index in [2.05, 4.69) is 15.5 Å². The van der Waals surface area contributed by atoms with Gasteiger partial charge in [-0.15, -0.1) is 5.10 Å². The number of hydrogen-bond donors (Lipinski definition) is 0. The van der Waals surface area contributed by atoms with Crippen LogP contribution in [-0.4, -0.2) is 81.5 Å². The van der Waals surface area contributed by atoms with Gasteiger partial charge in [0, 0.05) is 18.7 Å². The summed E-state index contributed by atoms with van der Waals surface area (Å²) in [6, 6.07) is 0.0211. The number of ether oxygens (including phenoxy) is 1. The first kappa shape index (κ1) is 18.2. The minimum Gasteiger partial charge on any atom is -0.376 e. The first-order chi connectivity index (χ1) is 12.5. The predicted molar refractivity (Wildman–Crippen MR) is 94.4 cm³/mol. The first-order valence-electron chi connectivity index (χ1n) is 9.04. The molecule has 2 unspecified atom stereocenters. The molecule has 0 radical (unpaired) electrons. The maximum Gasteiger partial charge on any atom is 0.233 e. The Labute approximate surface area is 156 Å². The maximum absolute atomic E-state index is 12.8. The van der Waals surface area contributed by atoms with Gasteiger partial charge in [0.25, 0.3) is 0 Å². The van der Waals surface area contributed by atoms with Gasteiger partial charge in [-0.05, 0) is 42.5 Å². The molecular formula is C15H23N5O4S2. The van der Waals surface area contributed by atoms with E-state index < -0.39 is 9.84 Å². The van der Waals surface area contributed by atoms with Gasteiger partial charge in [0.05, 0.1) is 29.9 Å². The third-order valence-corrected chi connectivity index (χ3v) is 7.75. The summed E-state index contributed by atoms with van der Waals surface area (Å²) in [5, 5.41) is 12.3. The molecule has 1 aromatic heterocycles. The molecule has 0 bridgehead atoms. The zero-order valence-electron chi connectivity index (χ0n) is 14.5. The maximum atomic E-state index is 12.8. The lowest BCUT2D eigenvalue weighted by Gasteiger charge is -2.28. The standard InChI is InChI=1S/C15H23N5O4S2/c21-14(20(11-3-4-11)12-5-7-26(22,23)10-12)9-25-15-16-17-18-19(15)8-13-2-1-6-24-13/h11-13H,1-10H2. The van der Waals surface area contributed by atoms with Gasteiger partial charge in [-0.2, -0.15) is 0 Å². The summed E-state index contributed by atoms with van der Waals surface area (Å²) in [5.74, 6) is 0.475. The monoisotopic (exact) mass is 401 g/mol. The van der Waals surface area contributed by atoms with Crippen LogP contribution in [0.25, 0.3) is 0 Å². The van der Waals surface area contributed by atoms with Gasteiger partial charge in [0.15, 0.2) is 9.84 Å². The van der Waals surface area contributed by atoms with Crippen molar-refractivity contribution < 1.29 is 17.9 Å². The summed E-state index contributed by atoms with van der Waals surface area (Å²) < 4.78 is 30.9. The van der Waals surface area contributed by atoms with Crippen molar-refractivity contribution in [3.05, 3.63) is 0 Å². The van der Waals surface area contributed by atoms with Gasteiger partial charge in [-0.3, -0.25) is 4.79 Å². The Bertz CT molecular complexity index is 758. The van der Waals surface area contributed by atoms with Crippen molar-refractivity contribution in [1.29, 1.82) is 0 Å². The number of aromatic nitrogens is 4. The highest BCUT2D eigenvalue weighted by Gasteiger charge is 2.42. The van der Waals surface area contributed by atoms with Gasteiger partial charge < -0.3 is 9.64 Å². The van der Waals surface area contributed by atoms with Crippen molar-refractivity contribution in [2.45, 2.75) is 62.0 Å². The fraction of sp³-hybridized carbons (Fsp3) is 0.867. The summed E-state index contributed by atoms with van der Waals surface area (Å²) in [5.41, 5.74) is 0. The Hall–Kier alpha value is -1.20. The Balaban J connectivity index is 1.36. The second kappa shape index (κ2) is 7.43. The Kier molecular flexibility index (Phi) is 5.20. The van der Waals surface area contributed by atoms with Crippen molar-refractivity contribution in [2.75, 3.05) is 23.9 Å². The van der Waals surface area contributed by atoms with E-state index in [-0.39, 0.29) is 41.4 Å². The summed E-state index contributed by atoms with van der Waals surface area (Å²) in [6.07, 6.45) is 4.64. The smallest absolute Gasteiger partial charge is 0.233 e.